The Morgan fingerprint density at radius 3 is 2.81 bits per heavy atom. The van der Waals surface area contributed by atoms with Crippen molar-refractivity contribution in [2.75, 3.05) is 7.11 Å². The smallest absolute Gasteiger partial charge is 0.120 e. The van der Waals surface area contributed by atoms with Crippen molar-refractivity contribution in [1.29, 1.82) is 0 Å². The van der Waals surface area contributed by atoms with E-state index in [4.69, 9.17) is 16.3 Å². The topological polar surface area (TPSA) is 37.9 Å². The van der Waals surface area contributed by atoms with Gasteiger partial charge in [0.1, 0.15) is 11.6 Å². The van der Waals surface area contributed by atoms with Crippen LogP contribution in [0, 0.1) is 0 Å². The zero-order valence-electron chi connectivity index (χ0n) is 9.20. The fraction of sp³-hybridized carbons (Fsp3) is 0.250. The molecule has 0 fully saturated rings. The molecule has 0 amide bonds. The van der Waals surface area contributed by atoms with Crippen LogP contribution in [0.25, 0.3) is 0 Å². The van der Waals surface area contributed by atoms with Crippen molar-refractivity contribution in [2.45, 2.75) is 12.8 Å². The lowest BCUT2D eigenvalue weighted by molar-refractivity contribution is 0.414. The fourth-order valence-electron chi connectivity index (χ4n) is 1.65. The van der Waals surface area contributed by atoms with E-state index >= 15 is 0 Å². The van der Waals surface area contributed by atoms with Crippen LogP contribution in [0.1, 0.15) is 24.2 Å². The molecular weight excluding hydrogens is 224 g/mol. The van der Waals surface area contributed by atoms with Crippen LogP contribution in [0.4, 0.5) is 0 Å². The summed E-state index contributed by atoms with van der Waals surface area (Å²) in [5.74, 6) is 1.82. The molecule has 0 radical (unpaired) electrons. The van der Waals surface area contributed by atoms with Gasteiger partial charge in [0.25, 0.3) is 0 Å². The van der Waals surface area contributed by atoms with Crippen molar-refractivity contribution < 1.29 is 4.74 Å². The average Bonchev–Trinajstić information content (AvgIpc) is 2.81. The zero-order chi connectivity index (χ0) is 11.5. The number of nitrogens with zero attached hydrogens (tertiary/aromatic N) is 1. The van der Waals surface area contributed by atoms with Gasteiger partial charge < -0.3 is 9.72 Å². The summed E-state index contributed by atoms with van der Waals surface area (Å²) in [4.78, 5) is 7.32. The lowest BCUT2D eigenvalue weighted by Crippen LogP contribution is -1.99. The van der Waals surface area contributed by atoms with E-state index in [9.17, 15) is 0 Å². The molecule has 3 nitrogen and oxygen atoms in total. The Morgan fingerprint density at radius 1 is 1.44 bits per heavy atom. The molecule has 0 bridgehead atoms. The first-order valence-electron chi connectivity index (χ1n) is 5.05. The summed E-state index contributed by atoms with van der Waals surface area (Å²) < 4.78 is 5.11. The number of benzene rings is 1. The Hall–Kier alpha value is -1.48. The van der Waals surface area contributed by atoms with Gasteiger partial charge in [-0.25, -0.2) is 4.98 Å². The van der Waals surface area contributed by atoms with Gasteiger partial charge >= 0.3 is 0 Å². The monoisotopic (exact) mass is 236 g/mol. The normalized spacial score (nSPS) is 12.4. The Morgan fingerprint density at radius 2 is 2.25 bits per heavy atom. The van der Waals surface area contributed by atoms with E-state index in [0.717, 1.165) is 17.1 Å². The van der Waals surface area contributed by atoms with Gasteiger partial charge in [-0.3, -0.25) is 0 Å². The van der Waals surface area contributed by atoms with Gasteiger partial charge in [0.2, 0.25) is 0 Å². The van der Waals surface area contributed by atoms with E-state index in [1.807, 2.05) is 24.4 Å². The highest BCUT2D eigenvalue weighted by molar-refractivity contribution is 6.31. The number of ether oxygens (including phenoxy) is 1. The number of methoxy groups -OCH3 is 1. The van der Waals surface area contributed by atoms with Gasteiger partial charge in [-0.1, -0.05) is 24.6 Å². The SMILES string of the molecule is COc1ccc(C(C)c2ncc[nH]2)c(Cl)c1. The molecule has 0 saturated heterocycles. The lowest BCUT2D eigenvalue weighted by Gasteiger charge is -2.12. The van der Waals surface area contributed by atoms with E-state index in [-0.39, 0.29) is 5.92 Å². The predicted octanol–water partition coefficient (Wildman–Crippen LogP) is 3.22. The summed E-state index contributed by atoms with van der Waals surface area (Å²) in [6, 6.07) is 5.69. The number of nitrogens with one attached hydrogen (secondary N) is 1. The van der Waals surface area contributed by atoms with Crippen LogP contribution in [0.5, 0.6) is 5.75 Å². The number of rotatable bonds is 3. The second-order valence-corrected chi connectivity index (χ2v) is 3.99. The second-order valence-electron chi connectivity index (χ2n) is 3.58. The minimum Gasteiger partial charge on any atom is -0.497 e. The van der Waals surface area contributed by atoms with Gasteiger partial charge in [-0.05, 0) is 17.7 Å². The fourth-order valence-corrected chi connectivity index (χ4v) is 1.98. The van der Waals surface area contributed by atoms with Crippen LogP contribution < -0.4 is 4.74 Å². The molecule has 84 valence electrons. The Bertz CT molecular complexity index is 468. The largest absolute Gasteiger partial charge is 0.497 e. The highest BCUT2D eigenvalue weighted by Crippen LogP contribution is 2.30. The number of hydrogen-bond donors (Lipinski definition) is 1. The molecule has 0 saturated carbocycles. The van der Waals surface area contributed by atoms with Gasteiger partial charge in [0, 0.05) is 23.3 Å². The van der Waals surface area contributed by atoms with Crippen molar-refractivity contribution in [3.05, 3.63) is 47.0 Å². The first-order valence-corrected chi connectivity index (χ1v) is 5.43. The molecule has 1 aromatic carbocycles. The van der Waals surface area contributed by atoms with Crippen molar-refractivity contribution >= 4 is 11.6 Å². The number of aromatic amines is 1. The first kappa shape index (κ1) is 11.0. The quantitative estimate of drug-likeness (QED) is 0.889. The third-order valence-electron chi connectivity index (χ3n) is 2.60. The predicted molar refractivity (Wildman–Crippen MR) is 64.1 cm³/mol. The summed E-state index contributed by atoms with van der Waals surface area (Å²) in [6.07, 6.45) is 3.55. The Labute approximate surface area is 99.4 Å². The van der Waals surface area contributed by atoms with Crippen LogP contribution >= 0.6 is 11.6 Å². The second kappa shape index (κ2) is 4.58. The van der Waals surface area contributed by atoms with Crippen molar-refractivity contribution in [1.82, 2.24) is 9.97 Å². The third kappa shape index (κ3) is 2.04. The first-order chi connectivity index (χ1) is 7.72. The van der Waals surface area contributed by atoms with Gasteiger partial charge in [0.05, 0.1) is 7.11 Å². The minimum atomic E-state index is 0.147. The molecule has 1 heterocycles. The zero-order valence-corrected chi connectivity index (χ0v) is 9.95. The van der Waals surface area contributed by atoms with Crippen LogP contribution in [0.3, 0.4) is 0 Å². The standard InChI is InChI=1S/C12H13ClN2O/c1-8(12-14-5-6-15-12)10-4-3-9(16-2)7-11(10)13/h3-8H,1-2H3,(H,14,15). The van der Waals surface area contributed by atoms with E-state index in [1.54, 1.807) is 13.3 Å². The summed E-state index contributed by atoms with van der Waals surface area (Å²) in [7, 11) is 1.63. The van der Waals surface area contributed by atoms with Gasteiger partial charge in [0.15, 0.2) is 0 Å². The Kier molecular flexibility index (Phi) is 3.15. The van der Waals surface area contributed by atoms with Crippen LogP contribution in [0.2, 0.25) is 5.02 Å². The molecule has 0 spiro atoms. The molecule has 2 aromatic rings. The molecular formula is C12H13ClN2O. The number of aromatic nitrogens is 2. The molecule has 1 unspecified atom stereocenters. The number of H-pyrrole nitrogens is 1. The molecule has 16 heavy (non-hydrogen) atoms. The van der Waals surface area contributed by atoms with Crippen LogP contribution in [-0.4, -0.2) is 17.1 Å². The summed E-state index contributed by atoms with van der Waals surface area (Å²) in [6.45, 7) is 2.06. The van der Waals surface area contributed by atoms with Crippen LogP contribution in [0.15, 0.2) is 30.6 Å². The van der Waals surface area contributed by atoms with Crippen molar-refractivity contribution in [2.24, 2.45) is 0 Å². The minimum absolute atomic E-state index is 0.147. The van der Waals surface area contributed by atoms with Crippen molar-refractivity contribution in [3.8, 4) is 5.75 Å². The van der Waals surface area contributed by atoms with E-state index in [2.05, 4.69) is 16.9 Å². The number of imidazole rings is 1. The number of hydrogen-bond acceptors (Lipinski definition) is 2. The average molecular weight is 237 g/mol. The third-order valence-corrected chi connectivity index (χ3v) is 2.93. The molecule has 0 aliphatic carbocycles. The maximum Gasteiger partial charge on any atom is 0.120 e. The van der Waals surface area contributed by atoms with E-state index in [1.165, 1.54) is 0 Å². The van der Waals surface area contributed by atoms with E-state index < -0.39 is 0 Å². The maximum atomic E-state index is 6.20. The van der Waals surface area contributed by atoms with Crippen molar-refractivity contribution in [3.63, 3.8) is 0 Å². The van der Waals surface area contributed by atoms with E-state index in [0.29, 0.717) is 5.02 Å². The Balaban J connectivity index is 2.34. The summed E-state index contributed by atoms with van der Waals surface area (Å²) >= 11 is 6.20. The highest BCUT2D eigenvalue weighted by Gasteiger charge is 2.14. The molecule has 1 N–H and O–H groups in total. The molecule has 0 aliphatic rings. The lowest BCUT2D eigenvalue weighted by atomic mass is 10.0. The molecule has 4 heteroatoms. The van der Waals surface area contributed by atoms with Gasteiger partial charge in [-0.2, -0.15) is 0 Å². The molecule has 1 atom stereocenters. The molecule has 2 rings (SSSR count). The highest BCUT2D eigenvalue weighted by atomic mass is 35.5. The maximum absolute atomic E-state index is 6.20. The van der Waals surface area contributed by atoms with Gasteiger partial charge in [-0.15, -0.1) is 0 Å². The summed E-state index contributed by atoms with van der Waals surface area (Å²) in [5, 5.41) is 0.697. The number of halogens is 1. The summed E-state index contributed by atoms with van der Waals surface area (Å²) in [5.41, 5.74) is 1.04. The molecule has 0 aliphatic heterocycles. The molecule has 1 aromatic heterocycles. The van der Waals surface area contributed by atoms with Crippen LogP contribution in [-0.2, 0) is 0 Å².